The first-order valence-corrected chi connectivity index (χ1v) is 6.94. The molecule has 0 saturated carbocycles. The molecule has 1 fully saturated rings. The Morgan fingerprint density at radius 1 is 1.53 bits per heavy atom. The molecule has 1 aromatic carbocycles. The van der Waals surface area contributed by atoms with E-state index >= 15 is 0 Å². The van der Waals surface area contributed by atoms with Gasteiger partial charge >= 0.3 is 5.97 Å². The molecule has 1 unspecified atom stereocenters. The zero-order valence-corrected chi connectivity index (χ0v) is 11.1. The van der Waals surface area contributed by atoms with Crippen LogP contribution in [0.15, 0.2) is 24.3 Å². The smallest absolute Gasteiger partial charge is 0.306 e. The van der Waals surface area contributed by atoms with Crippen LogP contribution in [0.2, 0.25) is 0 Å². The standard InChI is InChI=1S/C13H14N2O3S/c16-12(17)7-9-8-15(5-6-18-9)13-10-3-1-2-4-11(10)14-19-13/h1-4,9H,5-8H2,(H,16,17). The molecule has 2 heterocycles. The number of aromatic nitrogens is 1. The lowest BCUT2D eigenvalue weighted by molar-refractivity contribution is -0.140. The number of carbonyl (C=O) groups is 1. The Labute approximate surface area is 114 Å². The van der Waals surface area contributed by atoms with E-state index in [0.29, 0.717) is 13.2 Å². The van der Waals surface area contributed by atoms with Crippen LogP contribution < -0.4 is 4.90 Å². The van der Waals surface area contributed by atoms with Crippen LogP contribution in [0.5, 0.6) is 0 Å². The number of anilines is 1. The predicted octanol–water partition coefficient (Wildman–Crippen LogP) is 1.98. The van der Waals surface area contributed by atoms with Crippen LogP contribution in [0.3, 0.4) is 0 Å². The summed E-state index contributed by atoms with van der Waals surface area (Å²) in [5.74, 6) is -0.819. The first-order valence-electron chi connectivity index (χ1n) is 6.17. The highest BCUT2D eigenvalue weighted by Crippen LogP contribution is 2.32. The van der Waals surface area contributed by atoms with E-state index < -0.39 is 5.97 Å². The van der Waals surface area contributed by atoms with Gasteiger partial charge in [-0.15, -0.1) is 0 Å². The summed E-state index contributed by atoms with van der Waals surface area (Å²) in [6, 6.07) is 8.01. The third kappa shape index (κ3) is 2.54. The van der Waals surface area contributed by atoms with E-state index in [1.54, 1.807) is 0 Å². The van der Waals surface area contributed by atoms with Gasteiger partial charge in [-0.1, -0.05) is 12.1 Å². The number of carboxylic acid groups (broad SMARTS) is 1. The van der Waals surface area contributed by atoms with E-state index in [1.807, 2.05) is 18.2 Å². The van der Waals surface area contributed by atoms with E-state index in [9.17, 15) is 4.79 Å². The van der Waals surface area contributed by atoms with Crippen molar-refractivity contribution in [1.29, 1.82) is 0 Å². The number of fused-ring (bicyclic) bond motifs is 1. The number of aliphatic carboxylic acids is 1. The van der Waals surface area contributed by atoms with Gasteiger partial charge in [0.1, 0.15) is 5.00 Å². The van der Waals surface area contributed by atoms with Crippen LogP contribution in [0.4, 0.5) is 5.00 Å². The van der Waals surface area contributed by atoms with Gasteiger partial charge in [-0.2, -0.15) is 4.37 Å². The Hall–Kier alpha value is -1.66. The summed E-state index contributed by atoms with van der Waals surface area (Å²) in [6.45, 7) is 1.95. The average Bonchev–Trinajstić information content (AvgIpc) is 2.82. The maximum Gasteiger partial charge on any atom is 0.306 e. The van der Waals surface area contributed by atoms with Gasteiger partial charge in [0.15, 0.2) is 0 Å². The summed E-state index contributed by atoms with van der Waals surface area (Å²) < 4.78 is 9.91. The van der Waals surface area contributed by atoms with Crippen molar-refractivity contribution in [2.24, 2.45) is 0 Å². The number of morpholine rings is 1. The second-order valence-corrected chi connectivity index (χ2v) is 5.29. The maximum absolute atomic E-state index is 10.8. The first-order chi connectivity index (χ1) is 9.24. The van der Waals surface area contributed by atoms with E-state index in [4.69, 9.17) is 9.84 Å². The number of benzene rings is 1. The Kier molecular flexibility index (Phi) is 3.35. The van der Waals surface area contributed by atoms with Crippen molar-refractivity contribution in [3.05, 3.63) is 24.3 Å². The molecule has 0 aliphatic carbocycles. The predicted molar refractivity (Wildman–Crippen MR) is 73.8 cm³/mol. The van der Waals surface area contributed by atoms with Gasteiger partial charge in [0, 0.05) is 18.5 Å². The number of hydrogen-bond donors (Lipinski definition) is 1. The van der Waals surface area contributed by atoms with Crippen molar-refractivity contribution in [2.75, 3.05) is 24.6 Å². The van der Waals surface area contributed by atoms with Crippen LogP contribution in [0.25, 0.3) is 10.9 Å². The Morgan fingerprint density at radius 2 is 2.37 bits per heavy atom. The first kappa shape index (κ1) is 12.4. The molecular weight excluding hydrogens is 264 g/mol. The Morgan fingerprint density at radius 3 is 3.21 bits per heavy atom. The zero-order chi connectivity index (χ0) is 13.2. The summed E-state index contributed by atoms with van der Waals surface area (Å²) in [5, 5.41) is 11.1. The van der Waals surface area contributed by atoms with Gasteiger partial charge in [0.2, 0.25) is 0 Å². The second kappa shape index (κ2) is 5.14. The molecule has 1 aliphatic rings. The molecule has 1 saturated heterocycles. The molecule has 0 radical (unpaired) electrons. The van der Waals surface area contributed by atoms with Crippen molar-refractivity contribution in [3.8, 4) is 0 Å². The van der Waals surface area contributed by atoms with Gasteiger partial charge in [-0.25, -0.2) is 0 Å². The lowest BCUT2D eigenvalue weighted by atomic mass is 10.2. The van der Waals surface area contributed by atoms with Crippen molar-refractivity contribution < 1.29 is 14.6 Å². The Balaban J connectivity index is 1.83. The van der Waals surface area contributed by atoms with Crippen LogP contribution in [0.1, 0.15) is 6.42 Å². The fourth-order valence-electron chi connectivity index (χ4n) is 2.33. The molecule has 5 nitrogen and oxygen atoms in total. The second-order valence-electron chi connectivity index (χ2n) is 4.54. The molecule has 0 amide bonds. The maximum atomic E-state index is 10.8. The highest BCUT2D eigenvalue weighted by atomic mass is 32.1. The summed E-state index contributed by atoms with van der Waals surface area (Å²) in [6.07, 6.45) is -0.195. The fourth-order valence-corrected chi connectivity index (χ4v) is 3.22. The molecule has 0 bridgehead atoms. The molecule has 0 spiro atoms. The zero-order valence-electron chi connectivity index (χ0n) is 10.3. The minimum Gasteiger partial charge on any atom is -0.481 e. The number of nitrogens with zero attached hydrogens (tertiary/aromatic N) is 2. The van der Waals surface area contributed by atoms with E-state index in [1.165, 1.54) is 11.5 Å². The molecule has 1 N–H and O–H groups in total. The van der Waals surface area contributed by atoms with Crippen molar-refractivity contribution in [2.45, 2.75) is 12.5 Å². The van der Waals surface area contributed by atoms with Gasteiger partial charge in [0.05, 0.1) is 24.6 Å². The Bertz CT molecular complexity index is 598. The number of carboxylic acids is 1. The van der Waals surface area contributed by atoms with Crippen molar-refractivity contribution in [3.63, 3.8) is 0 Å². The van der Waals surface area contributed by atoms with Gasteiger partial charge in [-0.05, 0) is 23.7 Å². The van der Waals surface area contributed by atoms with Gasteiger partial charge in [-0.3, -0.25) is 4.79 Å². The SMILES string of the molecule is O=C(O)CC1CN(c2snc3ccccc23)CCO1. The molecule has 3 rings (SSSR count). The van der Waals surface area contributed by atoms with Gasteiger partial charge < -0.3 is 14.7 Å². The minimum atomic E-state index is -0.819. The lowest BCUT2D eigenvalue weighted by Gasteiger charge is -2.32. The van der Waals surface area contributed by atoms with Crippen LogP contribution in [-0.2, 0) is 9.53 Å². The summed E-state index contributed by atoms with van der Waals surface area (Å²) in [5.41, 5.74) is 0.990. The third-order valence-electron chi connectivity index (χ3n) is 3.19. The highest BCUT2D eigenvalue weighted by molar-refractivity contribution is 7.11. The molecule has 1 aliphatic heterocycles. The number of rotatable bonds is 3. The molecule has 1 aromatic heterocycles. The summed E-state index contributed by atoms with van der Waals surface area (Å²) in [7, 11) is 0. The summed E-state index contributed by atoms with van der Waals surface area (Å²) >= 11 is 1.46. The monoisotopic (exact) mass is 278 g/mol. The van der Waals surface area contributed by atoms with Gasteiger partial charge in [0.25, 0.3) is 0 Å². The van der Waals surface area contributed by atoms with E-state index in [0.717, 1.165) is 22.4 Å². The highest BCUT2D eigenvalue weighted by Gasteiger charge is 2.25. The van der Waals surface area contributed by atoms with E-state index in [2.05, 4.69) is 15.3 Å². The summed E-state index contributed by atoms with van der Waals surface area (Å²) in [4.78, 5) is 12.9. The average molecular weight is 278 g/mol. The largest absolute Gasteiger partial charge is 0.481 e. The lowest BCUT2D eigenvalue weighted by Crippen LogP contribution is -2.43. The van der Waals surface area contributed by atoms with Crippen LogP contribution in [0, 0.1) is 0 Å². The quantitative estimate of drug-likeness (QED) is 0.930. The molecule has 1 atom stereocenters. The molecule has 100 valence electrons. The van der Waals surface area contributed by atoms with Crippen molar-refractivity contribution in [1.82, 2.24) is 4.37 Å². The fraction of sp³-hybridized carbons (Fsp3) is 0.385. The minimum absolute atomic E-state index is 0.0488. The molecule has 2 aromatic rings. The normalized spacial score (nSPS) is 19.8. The number of hydrogen-bond acceptors (Lipinski definition) is 5. The van der Waals surface area contributed by atoms with E-state index in [-0.39, 0.29) is 12.5 Å². The third-order valence-corrected chi connectivity index (χ3v) is 4.13. The molecule has 6 heteroatoms. The molecule has 19 heavy (non-hydrogen) atoms. The number of ether oxygens (including phenoxy) is 1. The van der Waals surface area contributed by atoms with Crippen molar-refractivity contribution >= 4 is 33.4 Å². The van der Waals surface area contributed by atoms with Crippen LogP contribution >= 0.6 is 11.5 Å². The molecular formula is C13H14N2O3S. The van der Waals surface area contributed by atoms with Crippen LogP contribution in [-0.4, -0.2) is 41.2 Å². The topological polar surface area (TPSA) is 62.7 Å².